The van der Waals surface area contributed by atoms with Crippen LogP contribution in [0.1, 0.15) is 23.4 Å². The maximum atomic E-state index is 12.1. The van der Waals surface area contributed by atoms with E-state index in [0.717, 1.165) is 25.9 Å². The SMILES string of the molecule is CN1CCC(N(C)C(=O)c2ccc(Br)o2)CC1. The van der Waals surface area contributed by atoms with Crippen molar-refractivity contribution in [2.45, 2.75) is 18.9 Å². The first-order valence-corrected chi connectivity index (χ1v) is 6.58. The number of furan rings is 1. The van der Waals surface area contributed by atoms with Crippen molar-refractivity contribution < 1.29 is 9.21 Å². The summed E-state index contributed by atoms with van der Waals surface area (Å²) in [6, 6.07) is 3.77. The Morgan fingerprint density at radius 3 is 2.65 bits per heavy atom. The van der Waals surface area contributed by atoms with Gasteiger partial charge < -0.3 is 14.2 Å². The normalized spacial score (nSPS) is 18.3. The molecule has 0 saturated carbocycles. The van der Waals surface area contributed by atoms with Crippen LogP contribution in [0, 0.1) is 0 Å². The van der Waals surface area contributed by atoms with Crippen molar-refractivity contribution in [3.05, 3.63) is 22.6 Å². The minimum Gasteiger partial charge on any atom is -0.444 e. The average Bonchev–Trinajstić information content (AvgIpc) is 2.75. The molecule has 1 aromatic heterocycles. The van der Waals surface area contributed by atoms with Gasteiger partial charge in [-0.3, -0.25) is 4.79 Å². The van der Waals surface area contributed by atoms with E-state index in [1.54, 1.807) is 17.0 Å². The van der Waals surface area contributed by atoms with E-state index in [-0.39, 0.29) is 5.91 Å². The molecule has 0 aromatic carbocycles. The highest BCUT2D eigenvalue weighted by Crippen LogP contribution is 2.19. The summed E-state index contributed by atoms with van der Waals surface area (Å²) in [5.41, 5.74) is 0. The Hall–Kier alpha value is -0.810. The molecule has 1 aliphatic rings. The molecule has 0 atom stereocenters. The van der Waals surface area contributed by atoms with Gasteiger partial charge in [0.2, 0.25) is 0 Å². The molecule has 94 valence electrons. The van der Waals surface area contributed by atoms with E-state index >= 15 is 0 Å². The smallest absolute Gasteiger partial charge is 0.289 e. The maximum absolute atomic E-state index is 12.1. The lowest BCUT2D eigenvalue weighted by atomic mass is 10.0. The molecule has 0 aliphatic carbocycles. The number of likely N-dealkylation sites (tertiary alicyclic amines) is 1. The molecule has 0 radical (unpaired) electrons. The number of hydrogen-bond donors (Lipinski definition) is 0. The van der Waals surface area contributed by atoms with Gasteiger partial charge in [-0.2, -0.15) is 0 Å². The summed E-state index contributed by atoms with van der Waals surface area (Å²) in [6.07, 6.45) is 2.06. The number of carbonyl (C=O) groups excluding carboxylic acids is 1. The highest BCUT2D eigenvalue weighted by atomic mass is 79.9. The molecule has 1 aromatic rings. The van der Waals surface area contributed by atoms with Crippen LogP contribution >= 0.6 is 15.9 Å². The van der Waals surface area contributed by atoms with Gasteiger partial charge in [-0.25, -0.2) is 0 Å². The van der Waals surface area contributed by atoms with E-state index in [4.69, 9.17) is 4.42 Å². The van der Waals surface area contributed by atoms with Crippen molar-refractivity contribution in [2.24, 2.45) is 0 Å². The Morgan fingerprint density at radius 2 is 2.12 bits per heavy atom. The fourth-order valence-corrected chi connectivity index (χ4v) is 2.46. The molecule has 0 unspecified atom stereocenters. The van der Waals surface area contributed by atoms with E-state index in [2.05, 4.69) is 27.9 Å². The molecular formula is C12H17BrN2O2. The lowest BCUT2D eigenvalue weighted by Gasteiger charge is -2.34. The summed E-state index contributed by atoms with van der Waals surface area (Å²) in [5, 5.41) is 0. The van der Waals surface area contributed by atoms with Gasteiger partial charge in [-0.15, -0.1) is 0 Å². The van der Waals surface area contributed by atoms with Crippen LogP contribution in [0.5, 0.6) is 0 Å². The highest BCUT2D eigenvalue weighted by Gasteiger charge is 2.26. The van der Waals surface area contributed by atoms with Gasteiger partial charge in [0.15, 0.2) is 10.4 Å². The molecule has 0 bridgehead atoms. The lowest BCUT2D eigenvalue weighted by Crippen LogP contribution is -2.44. The van der Waals surface area contributed by atoms with E-state index in [0.29, 0.717) is 16.5 Å². The van der Waals surface area contributed by atoms with Crippen molar-refractivity contribution in [3.63, 3.8) is 0 Å². The summed E-state index contributed by atoms with van der Waals surface area (Å²) >= 11 is 3.21. The van der Waals surface area contributed by atoms with Crippen LogP contribution in [0.3, 0.4) is 0 Å². The Kier molecular flexibility index (Phi) is 3.89. The van der Waals surface area contributed by atoms with Crippen LogP contribution in [-0.2, 0) is 0 Å². The van der Waals surface area contributed by atoms with Crippen molar-refractivity contribution in [3.8, 4) is 0 Å². The number of hydrogen-bond acceptors (Lipinski definition) is 3. The first-order valence-electron chi connectivity index (χ1n) is 5.79. The third-order valence-electron chi connectivity index (χ3n) is 3.34. The molecule has 0 N–H and O–H groups in total. The van der Waals surface area contributed by atoms with Crippen molar-refractivity contribution in [1.82, 2.24) is 9.80 Å². The molecule has 1 fully saturated rings. The van der Waals surface area contributed by atoms with E-state index in [9.17, 15) is 4.79 Å². The highest BCUT2D eigenvalue weighted by molar-refractivity contribution is 9.10. The zero-order valence-electron chi connectivity index (χ0n) is 10.1. The van der Waals surface area contributed by atoms with Gasteiger partial charge in [0, 0.05) is 13.1 Å². The quantitative estimate of drug-likeness (QED) is 0.840. The fourth-order valence-electron chi connectivity index (χ4n) is 2.15. The van der Waals surface area contributed by atoms with E-state index < -0.39 is 0 Å². The van der Waals surface area contributed by atoms with Crippen LogP contribution in [0.2, 0.25) is 0 Å². The standard InChI is InChI=1S/C12H17BrN2O2/c1-14-7-5-9(6-8-14)15(2)12(16)10-3-4-11(13)17-10/h3-4,9H,5-8H2,1-2H3. The molecule has 5 heteroatoms. The molecule has 1 amide bonds. The third kappa shape index (κ3) is 2.90. The Bertz CT molecular complexity index is 397. The second kappa shape index (κ2) is 5.23. The molecule has 2 rings (SSSR count). The van der Waals surface area contributed by atoms with Crippen LogP contribution in [0.15, 0.2) is 21.2 Å². The van der Waals surface area contributed by atoms with Gasteiger partial charge in [0.25, 0.3) is 5.91 Å². The number of piperidine rings is 1. The molecule has 1 saturated heterocycles. The number of rotatable bonds is 2. The van der Waals surface area contributed by atoms with Crippen LogP contribution in [0.4, 0.5) is 0 Å². The predicted molar refractivity (Wildman–Crippen MR) is 69.0 cm³/mol. The maximum Gasteiger partial charge on any atom is 0.289 e. The van der Waals surface area contributed by atoms with Crippen molar-refractivity contribution in [1.29, 1.82) is 0 Å². The van der Waals surface area contributed by atoms with Crippen molar-refractivity contribution >= 4 is 21.8 Å². The topological polar surface area (TPSA) is 36.7 Å². The number of carbonyl (C=O) groups is 1. The summed E-state index contributed by atoms with van der Waals surface area (Å²) in [4.78, 5) is 16.2. The van der Waals surface area contributed by atoms with E-state index in [1.807, 2.05) is 7.05 Å². The monoisotopic (exact) mass is 300 g/mol. The van der Waals surface area contributed by atoms with Gasteiger partial charge >= 0.3 is 0 Å². The van der Waals surface area contributed by atoms with Gasteiger partial charge in [0.05, 0.1) is 0 Å². The fraction of sp³-hybridized carbons (Fsp3) is 0.583. The van der Waals surface area contributed by atoms with Crippen LogP contribution < -0.4 is 0 Å². The van der Waals surface area contributed by atoms with Crippen LogP contribution in [0.25, 0.3) is 0 Å². The second-order valence-electron chi connectivity index (χ2n) is 4.55. The minimum absolute atomic E-state index is 0.0368. The minimum atomic E-state index is -0.0368. The summed E-state index contributed by atoms with van der Waals surface area (Å²) in [7, 11) is 3.97. The molecule has 2 heterocycles. The zero-order chi connectivity index (χ0) is 12.4. The number of halogens is 1. The second-order valence-corrected chi connectivity index (χ2v) is 5.34. The number of nitrogens with zero attached hydrogens (tertiary/aromatic N) is 2. The molecule has 4 nitrogen and oxygen atoms in total. The predicted octanol–water partition coefficient (Wildman–Crippen LogP) is 2.21. The lowest BCUT2D eigenvalue weighted by molar-refractivity contribution is 0.0627. The molecular weight excluding hydrogens is 284 g/mol. The molecule has 1 aliphatic heterocycles. The zero-order valence-corrected chi connectivity index (χ0v) is 11.7. The largest absolute Gasteiger partial charge is 0.444 e. The van der Waals surface area contributed by atoms with Gasteiger partial charge in [-0.1, -0.05) is 0 Å². The molecule has 17 heavy (non-hydrogen) atoms. The Labute approximate surface area is 110 Å². The Balaban J connectivity index is 2.00. The van der Waals surface area contributed by atoms with E-state index in [1.165, 1.54) is 0 Å². The third-order valence-corrected chi connectivity index (χ3v) is 3.77. The first-order chi connectivity index (χ1) is 8.08. The Morgan fingerprint density at radius 1 is 1.47 bits per heavy atom. The van der Waals surface area contributed by atoms with Crippen molar-refractivity contribution in [2.75, 3.05) is 27.2 Å². The average molecular weight is 301 g/mol. The van der Waals surface area contributed by atoms with Gasteiger partial charge in [-0.05, 0) is 61.0 Å². The summed E-state index contributed by atoms with van der Waals surface area (Å²) in [5.74, 6) is 0.364. The van der Waals surface area contributed by atoms with Crippen LogP contribution in [-0.4, -0.2) is 48.9 Å². The summed E-state index contributed by atoms with van der Waals surface area (Å²) in [6.45, 7) is 2.09. The number of amides is 1. The van der Waals surface area contributed by atoms with Gasteiger partial charge in [0.1, 0.15) is 0 Å². The molecule has 0 spiro atoms. The summed E-state index contributed by atoms with van der Waals surface area (Å²) < 4.78 is 5.89. The first kappa shape index (κ1) is 12.6.